The number of nitrogens with zero attached hydrogens (tertiary/aromatic N) is 3. The Morgan fingerprint density at radius 1 is 1.00 bits per heavy atom. The maximum atomic E-state index is 13.0. The van der Waals surface area contributed by atoms with Crippen molar-refractivity contribution >= 4 is 45.5 Å². The molecule has 0 aliphatic carbocycles. The summed E-state index contributed by atoms with van der Waals surface area (Å²) in [6, 6.07) is 17.0. The number of hydrogen-bond acceptors (Lipinski definition) is 9. The molecule has 1 unspecified atom stereocenters. The molecule has 0 fully saturated rings. The standard InChI is InChI=1S/C30H31F3N7O3S/c1-3-15-35-44(43)25-13-11-22(12-14-25)37-28-34-17-26(27(40-28)36-19(2)18-41)20-7-9-23(10-8-20)38-29(42)39-24-6-4-5-21(16-24)30(31,32)33/h4-14,16-17,19,41H,3,15,18H2,1-2H3,(H2,38,39,42)(H2,34,36,37,40)/q-1. The third-order valence-corrected chi connectivity index (χ3v) is 7.18. The van der Waals surface area contributed by atoms with Crippen LogP contribution in [0.1, 0.15) is 25.8 Å². The number of carbonyl (C=O) groups is 1. The Kier molecular flexibility index (Phi) is 10.7. The van der Waals surface area contributed by atoms with Gasteiger partial charge in [-0.3, -0.25) is 0 Å². The van der Waals surface area contributed by atoms with Crippen molar-refractivity contribution in [3.05, 3.63) is 84.6 Å². The molecule has 0 aliphatic heterocycles. The lowest BCUT2D eigenvalue weighted by Crippen LogP contribution is -2.21. The van der Waals surface area contributed by atoms with Gasteiger partial charge >= 0.3 is 12.2 Å². The molecule has 10 nitrogen and oxygen atoms in total. The molecule has 0 saturated heterocycles. The van der Waals surface area contributed by atoms with Crippen molar-refractivity contribution in [3.8, 4) is 11.1 Å². The summed E-state index contributed by atoms with van der Waals surface area (Å²) >= 11 is 0. The predicted molar refractivity (Wildman–Crippen MR) is 165 cm³/mol. The predicted octanol–water partition coefficient (Wildman–Crippen LogP) is 7.26. The van der Waals surface area contributed by atoms with Crippen LogP contribution in [0, 0.1) is 0 Å². The molecule has 1 heterocycles. The second-order valence-electron chi connectivity index (χ2n) is 9.67. The van der Waals surface area contributed by atoms with Gasteiger partial charge < -0.3 is 34.9 Å². The van der Waals surface area contributed by atoms with Gasteiger partial charge in [-0.2, -0.15) is 28.8 Å². The molecule has 4 rings (SSSR count). The average molecular weight is 627 g/mol. The normalized spacial score (nSPS) is 12.8. The summed E-state index contributed by atoms with van der Waals surface area (Å²) in [5, 5.41) is 20.9. The third-order valence-electron chi connectivity index (χ3n) is 6.09. The topological polar surface area (TPSA) is 141 Å². The van der Waals surface area contributed by atoms with Gasteiger partial charge in [0.05, 0.1) is 12.2 Å². The lowest BCUT2D eigenvalue weighted by molar-refractivity contribution is -0.137. The van der Waals surface area contributed by atoms with E-state index >= 15 is 0 Å². The monoisotopic (exact) mass is 626 g/mol. The minimum Gasteiger partial charge on any atom is -0.440 e. The van der Waals surface area contributed by atoms with Gasteiger partial charge in [0, 0.05) is 41.4 Å². The zero-order valence-corrected chi connectivity index (χ0v) is 24.7. The van der Waals surface area contributed by atoms with E-state index in [9.17, 15) is 27.3 Å². The van der Waals surface area contributed by atoms with Crippen LogP contribution in [0.15, 0.2) is 88.3 Å². The lowest BCUT2D eigenvalue weighted by atomic mass is 10.1. The van der Waals surface area contributed by atoms with Crippen LogP contribution in [-0.2, 0) is 21.0 Å². The maximum absolute atomic E-state index is 13.0. The highest BCUT2D eigenvalue weighted by Crippen LogP contribution is 2.31. The zero-order chi connectivity index (χ0) is 31.7. The molecule has 4 aromatic rings. The Labute approximate surface area is 254 Å². The van der Waals surface area contributed by atoms with E-state index in [4.69, 9.17) is 0 Å². The molecule has 0 aliphatic rings. The number of carbonyl (C=O) groups excluding carboxylic acids is 1. The summed E-state index contributed by atoms with van der Waals surface area (Å²) in [5.41, 5.74) is 1.54. The Balaban J connectivity index is 1.48. The number of hydrogen-bond donors (Lipinski definition) is 5. The van der Waals surface area contributed by atoms with Crippen LogP contribution in [0.25, 0.3) is 11.1 Å². The molecule has 232 valence electrons. The molecule has 2 amide bonds. The zero-order valence-electron chi connectivity index (χ0n) is 23.9. The SMILES string of the molecule is CCCN=[S-](=O)c1ccc(Nc2ncc(-c3ccc(NC(=O)Nc4cccc(C(F)(F)F)c4)cc3)c(NC(C)CO)n2)cc1. The van der Waals surface area contributed by atoms with Crippen LogP contribution in [0.4, 0.5) is 46.8 Å². The van der Waals surface area contributed by atoms with Gasteiger partial charge in [0.15, 0.2) is 0 Å². The highest BCUT2D eigenvalue weighted by Gasteiger charge is 2.30. The highest BCUT2D eigenvalue weighted by atomic mass is 32.2. The fourth-order valence-electron chi connectivity index (χ4n) is 3.87. The Morgan fingerprint density at radius 2 is 1.68 bits per heavy atom. The molecular weight excluding hydrogens is 595 g/mol. The first-order valence-electron chi connectivity index (χ1n) is 13.6. The largest absolute Gasteiger partial charge is 0.440 e. The number of urea groups is 1. The molecule has 3 aromatic carbocycles. The maximum Gasteiger partial charge on any atom is 0.416 e. The molecule has 44 heavy (non-hydrogen) atoms. The van der Waals surface area contributed by atoms with Crippen LogP contribution in [0.2, 0.25) is 0 Å². The van der Waals surface area contributed by atoms with E-state index in [2.05, 4.69) is 35.6 Å². The number of alkyl halides is 3. The van der Waals surface area contributed by atoms with Gasteiger partial charge in [-0.1, -0.05) is 42.2 Å². The Morgan fingerprint density at radius 3 is 2.34 bits per heavy atom. The first-order chi connectivity index (χ1) is 21.0. The van der Waals surface area contributed by atoms with E-state index in [1.807, 2.05) is 6.92 Å². The van der Waals surface area contributed by atoms with E-state index in [0.29, 0.717) is 39.8 Å². The van der Waals surface area contributed by atoms with Crippen molar-refractivity contribution in [1.29, 1.82) is 0 Å². The van der Waals surface area contributed by atoms with E-state index in [0.717, 1.165) is 18.6 Å². The van der Waals surface area contributed by atoms with E-state index in [1.54, 1.807) is 61.7 Å². The van der Waals surface area contributed by atoms with E-state index < -0.39 is 28.4 Å². The van der Waals surface area contributed by atoms with Crippen LogP contribution in [0.5, 0.6) is 0 Å². The van der Waals surface area contributed by atoms with Crippen molar-refractivity contribution in [1.82, 2.24) is 9.97 Å². The highest BCUT2D eigenvalue weighted by molar-refractivity contribution is 7.74. The van der Waals surface area contributed by atoms with Crippen molar-refractivity contribution in [3.63, 3.8) is 0 Å². The molecule has 1 atom stereocenters. The van der Waals surface area contributed by atoms with E-state index in [-0.39, 0.29) is 24.3 Å². The van der Waals surface area contributed by atoms with Gasteiger partial charge in [-0.15, -0.1) is 0 Å². The van der Waals surface area contributed by atoms with Gasteiger partial charge in [0.2, 0.25) is 5.95 Å². The Bertz CT molecular complexity index is 1660. The van der Waals surface area contributed by atoms with Gasteiger partial charge in [0.25, 0.3) is 0 Å². The summed E-state index contributed by atoms with van der Waals surface area (Å²) < 4.78 is 55.2. The number of rotatable bonds is 11. The Hall–Kier alpha value is -4.69. The summed E-state index contributed by atoms with van der Waals surface area (Å²) in [6.07, 6.45) is -2.10. The number of halogens is 3. The third kappa shape index (κ3) is 8.91. The fraction of sp³-hybridized carbons (Fsp3) is 0.233. The fourth-order valence-corrected chi connectivity index (χ4v) is 4.74. The van der Waals surface area contributed by atoms with Gasteiger partial charge in [-0.05, 0) is 61.4 Å². The number of amides is 2. The van der Waals surface area contributed by atoms with Crippen molar-refractivity contribution in [2.24, 2.45) is 4.36 Å². The molecule has 0 bridgehead atoms. The molecule has 5 N–H and O–H groups in total. The van der Waals surface area contributed by atoms with Crippen LogP contribution in [0.3, 0.4) is 0 Å². The minimum atomic E-state index is -4.52. The summed E-state index contributed by atoms with van der Waals surface area (Å²) in [7, 11) is -1.42. The first-order valence-corrected chi connectivity index (χ1v) is 14.7. The lowest BCUT2D eigenvalue weighted by Gasteiger charge is -2.17. The number of aliphatic hydroxyl groups is 1. The number of nitrogens with one attached hydrogen (secondary N) is 4. The van der Waals surface area contributed by atoms with Crippen molar-refractivity contribution in [2.45, 2.75) is 37.4 Å². The van der Waals surface area contributed by atoms with Crippen molar-refractivity contribution in [2.75, 3.05) is 34.4 Å². The quantitative estimate of drug-likeness (QED) is 0.110. The van der Waals surface area contributed by atoms with Crippen LogP contribution >= 0.6 is 0 Å². The van der Waals surface area contributed by atoms with E-state index in [1.165, 1.54) is 12.1 Å². The average Bonchev–Trinajstić information content (AvgIpc) is 3.00. The van der Waals surface area contributed by atoms with Crippen LogP contribution < -0.4 is 21.3 Å². The summed E-state index contributed by atoms with van der Waals surface area (Å²) in [6.45, 7) is 4.13. The molecule has 0 radical (unpaired) electrons. The number of benzene rings is 3. The molecule has 0 spiro atoms. The molecule has 0 saturated carbocycles. The smallest absolute Gasteiger partial charge is 0.416 e. The summed E-state index contributed by atoms with van der Waals surface area (Å²) in [5.74, 6) is 0.735. The molecular formula is C30H31F3N7O3S-. The molecule has 14 heteroatoms. The van der Waals surface area contributed by atoms with Gasteiger partial charge in [-0.25, -0.2) is 9.78 Å². The molecule has 1 aromatic heterocycles. The number of aliphatic hydroxyl groups excluding tert-OH is 1. The summed E-state index contributed by atoms with van der Waals surface area (Å²) in [4.78, 5) is 22.0. The van der Waals surface area contributed by atoms with Crippen molar-refractivity contribution < 1.29 is 27.3 Å². The number of anilines is 5. The van der Waals surface area contributed by atoms with Crippen LogP contribution in [-0.4, -0.2) is 40.3 Å². The second kappa shape index (κ2) is 14.7. The second-order valence-corrected chi connectivity index (χ2v) is 10.9. The first kappa shape index (κ1) is 32.2. The minimum absolute atomic E-state index is 0.00177. The van der Waals surface area contributed by atoms with Gasteiger partial charge in [0.1, 0.15) is 5.82 Å². The number of aromatic nitrogens is 2.